The normalized spacial score (nSPS) is 11.2. The highest BCUT2D eigenvalue weighted by atomic mass is 15.2. The quantitative estimate of drug-likeness (QED) is 0.152. The predicted octanol–water partition coefficient (Wildman–Crippen LogP) is 14.9. The van der Waals surface area contributed by atoms with Crippen molar-refractivity contribution in [3.8, 4) is 50.2 Å². The second-order valence-corrected chi connectivity index (χ2v) is 14.1. The summed E-state index contributed by atoms with van der Waals surface area (Å²) >= 11 is 0. The van der Waals surface area contributed by atoms with Gasteiger partial charge in [0, 0.05) is 33.3 Å². The highest BCUT2D eigenvalue weighted by Crippen LogP contribution is 2.49. The average Bonchev–Trinajstić information content (AvgIpc) is 3.61. The van der Waals surface area contributed by atoms with Gasteiger partial charge < -0.3 is 9.47 Å². The van der Waals surface area contributed by atoms with E-state index in [2.05, 4.69) is 240 Å². The van der Waals surface area contributed by atoms with Gasteiger partial charge in [-0.15, -0.1) is 0 Å². The van der Waals surface area contributed by atoms with Crippen molar-refractivity contribution >= 4 is 38.9 Å². The van der Waals surface area contributed by atoms with Crippen LogP contribution in [-0.2, 0) is 0 Å². The smallest absolute Gasteiger partial charge is 0.0561 e. The zero-order valence-corrected chi connectivity index (χ0v) is 30.8. The van der Waals surface area contributed by atoms with Gasteiger partial charge in [0.25, 0.3) is 0 Å². The molecule has 0 N–H and O–H groups in total. The molecular weight excluding hydrogens is 677 g/mol. The summed E-state index contributed by atoms with van der Waals surface area (Å²) in [4.78, 5) is 2.48. The number of para-hydroxylation sites is 2. The Hall–Kier alpha value is -7.42. The molecule has 0 aliphatic carbocycles. The number of fused-ring (bicyclic) bond motifs is 3. The summed E-state index contributed by atoms with van der Waals surface area (Å²) in [5.41, 5.74) is 16.1. The van der Waals surface area contributed by atoms with E-state index in [0.717, 1.165) is 45.0 Å². The molecular formula is C54H38N2. The lowest BCUT2D eigenvalue weighted by Crippen LogP contribution is -2.13. The molecule has 0 spiro atoms. The van der Waals surface area contributed by atoms with Crippen LogP contribution >= 0.6 is 0 Å². The molecule has 0 bridgehead atoms. The van der Waals surface area contributed by atoms with Gasteiger partial charge >= 0.3 is 0 Å². The van der Waals surface area contributed by atoms with Crippen LogP contribution in [0.15, 0.2) is 231 Å². The van der Waals surface area contributed by atoms with Crippen molar-refractivity contribution in [3.05, 3.63) is 231 Å². The molecule has 10 rings (SSSR count). The molecule has 2 heteroatoms. The average molecular weight is 715 g/mol. The van der Waals surface area contributed by atoms with Gasteiger partial charge in [-0.2, -0.15) is 0 Å². The Morgan fingerprint density at radius 1 is 0.304 bits per heavy atom. The van der Waals surface area contributed by atoms with E-state index in [9.17, 15) is 0 Å². The fourth-order valence-electron chi connectivity index (χ4n) is 8.24. The number of aromatic nitrogens is 1. The topological polar surface area (TPSA) is 8.17 Å². The SMILES string of the molecule is c1ccc(-c2ccc(N(c3ccc4c5ccccc5n(-c5ccccc5)c4c3)c3cccc(-c4ccccc4)c3-c3ccccc3)c(-c3ccccc3)c2)cc1. The Kier molecular flexibility index (Phi) is 8.55. The van der Waals surface area contributed by atoms with Crippen molar-refractivity contribution < 1.29 is 0 Å². The van der Waals surface area contributed by atoms with E-state index in [1.807, 2.05) is 0 Å². The Balaban J connectivity index is 1.31. The summed E-state index contributed by atoms with van der Waals surface area (Å²) in [6.07, 6.45) is 0. The molecule has 0 saturated heterocycles. The van der Waals surface area contributed by atoms with Crippen molar-refractivity contribution in [3.63, 3.8) is 0 Å². The van der Waals surface area contributed by atoms with Gasteiger partial charge in [-0.3, -0.25) is 0 Å². The van der Waals surface area contributed by atoms with Crippen LogP contribution in [0.5, 0.6) is 0 Å². The molecule has 0 amide bonds. The zero-order chi connectivity index (χ0) is 37.3. The number of hydrogen-bond donors (Lipinski definition) is 0. The molecule has 56 heavy (non-hydrogen) atoms. The van der Waals surface area contributed by atoms with Crippen LogP contribution in [0.25, 0.3) is 72.0 Å². The molecule has 0 atom stereocenters. The molecule has 1 heterocycles. The Morgan fingerprint density at radius 3 is 1.54 bits per heavy atom. The monoisotopic (exact) mass is 714 g/mol. The number of benzene rings is 9. The van der Waals surface area contributed by atoms with E-state index in [1.165, 1.54) is 44.1 Å². The first-order valence-corrected chi connectivity index (χ1v) is 19.2. The molecule has 264 valence electrons. The molecule has 2 nitrogen and oxygen atoms in total. The van der Waals surface area contributed by atoms with Gasteiger partial charge in [0.1, 0.15) is 0 Å². The molecule has 9 aromatic carbocycles. The largest absolute Gasteiger partial charge is 0.309 e. The Bertz CT molecular complexity index is 2930. The van der Waals surface area contributed by atoms with Gasteiger partial charge in [-0.05, 0) is 81.9 Å². The molecule has 0 unspecified atom stereocenters. The molecule has 0 aliphatic heterocycles. The second kappa shape index (κ2) is 14.4. The van der Waals surface area contributed by atoms with Crippen molar-refractivity contribution in [2.75, 3.05) is 4.90 Å². The van der Waals surface area contributed by atoms with Crippen molar-refractivity contribution in [1.29, 1.82) is 0 Å². The molecule has 0 fully saturated rings. The zero-order valence-electron chi connectivity index (χ0n) is 30.8. The first-order chi connectivity index (χ1) is 27.8. The summed E-state index contributed by atoms with van der Waals surface area (Å²) in [5, 5.41) is 2.45. The maximum absolute atomic E-state index is 2.48. The minimum absolute atomic E-state index is 1.07. The van der Waals surface area contributed by atoms with Crippen LogP contribution in [0.3, 0.4) is 0 Å². The van der Waals surface area contributed by atoms with Gasteiger partial charge in [0.2, 0.25) is 0 Å². The molecule has 0 saturated carbocycles. The summed E-state index contributed by atoms with van der Waals surface area (Å²) in [6, 6.07) is 83.2. The van der Waals surface area contributed by atoms with Crippen molar-refractivity contribution in [2.24, 2.45) is 0 Å². The van der Waals surface area contributed by atoms with Gasteiger partial charge in [0.15, 0.2) is 0 Å². The summed E-state index contributed by atoms with van der Waals surface area (Å²) < 4.78 is 2.40. The lowest BCUT2D eigenvalue weighted by atomic mass is 9.91. The number of hydrogen-bond acceptors (Lipinski definition) is 1. The fourth-order valence-corrected chi connectivity index (χ4v) is 8.24. The third-order valence-corrected chi connectivity index (χ3v) is 10.8. The maximum atomic E-state index is 2.48. The lowest BCUT2D eigenvalue weighted by molar-refractivity contribution is 1.18. The summed E-state index contributed by atoms with van der Waals surface area (Å²) in [6.45, 7) is 0. The third kappa shape index (κ3) is 5.95. The third-order valence-electron chi connectivity index (χ3n) is 10.8. The minimum Gasteiger partial charge on any atom is -0.309 e. The van der Waals surface area contributed by atoms with Crippen LogP contribution in [-0.4, -0.2) is 4.57 Å². The summed E-state index contributed by atoms with van der Waals surface area (Å²) in [5.74, 6) is 0. The van der Waals surface area contributed by atoms with E-state index in [4.69, 9.17) is 0 Å². The van der Waals surface area contributed by atoms with Gasteiger partial charge in [-0.1, -0.05) is 182 Å². The number of anilines is 3. The Morgan fingerprint density at radius 2 is 0.857 bits per heavy atom. The van der Waals surface area contributed by atoms with Crippen LogP contribution in [0.1, 0.15) is 0 Å². The number of nitrogens with zero attached hydrogens (tertiary/aromatic N) is 2. The van der Waals surface area contributed by atoms with E-state index in [1.54, 1.807) is 0 Å². The molecule has 0 radical (unpaired) electrons. The van der Waals surface area contributed by atoms with Crippen LogP contribution in [0.4, 0.5) is 17.1 Å². The van der Waals surface area contributed by atoms with E-state index in [-0.39, 0.29) is 0 Å². The van der Waals surface area contributed by atoms with E-state index in [0.29, 0.717) is 0 Å². The lowest BCUT2D eigenvalue weighted by Gasteiger charge is -2.31. The molecule has 0 aliphatic rings. The van der Waals surface area contributed by atoms with Crippen LogP contribution in [0, 0.1) is 0 Å². The summed E-state index contributed by atoms with van der Waals surface area (Å²) in [7, 11) is 0. The fraction of sp³-hybridized carbons (Fsp3) is 0. The highest BCUT2D eigenvalue weighted by molar-refractivity contribution is 6.11. The van der Waals surface area contributed by atoms with Crippen LogP contribution in [0.2, 0.25) is 0 Å². The van der Waals surface area contributed by atoms with Crippen LogP contribution < -0.4 is 4.90 Å². The second-order valence-electron chi connectivity index (χ2n) is 14.1. The predicted molar refractivity (Wildman–Crippen MR) is 237 cm³/mol. The first kappa shape index (κ1) is 33.2. The standard InChI is InChI=1S/C54H38N2/c1-6-19-39(20-7-1)43-33-36-51(49(37-43)41-23-10-3-11-24-41)56(52-32-18-30-46(40-21-8-2-9-22-40)54(52)42-25-12-4-13-26-42)45-34-35-48-47-29-16-17-31-50(47)55(53(48)38-45)44-27-14-5-15-28-44/h1-38H. The molecule has 10 aromatic rings. The Labute approximate surface area is 327 Å². The van der Waals surface area contributed by atoms with Gasteiger partial charge in [-0.25, -0.2) is 0 Å². The van der Waals surface area contributed by atoms with Gasteiger partial charge in [0.05, 0.1) is 22.4 Å². The van der Waals surface area contributed by atoms with E-state index >= 15 is 0 Å². The number of rotatable bonds is 8. The van der Waals surface area contributed by atoms with E-state index < -0.39 is 0 Å². The van der Waals surface area contributed by atoms with Crippen molar-refractivity contribution in [1.82, 2.24) is 4.57 Å². The molecule has 1 aromatic heterocycles. The highest BCUT2D eigenvalue weighted by Gasteiger charge is 2.25. The first-order valence-electron chi connectivity index (χ1n) is 19.2. The van der Waals surface area contributed by atoms with Crippen molar-refractivity contribution in [2.45, 2.75) is 0 Å². The minimum atomic E-state index is 1.07. The maximum Gasteiger partial charge on any atom is 0.0561 e.